The highest BCUT2D eigenvalue weighted by molar-refractivity contribution is 6.02. The zero-order valence-corrected chi connectivity index (χ0v) is 12.6. The first-order valence-electron chi connectivity index (χ1n) is 7.54. The number of hydrogen-bond acceptors (Lipinski definition) is 3. The van der Waals surface area contributed by atoms with Crippen molar-refractivity contribution in [1.82, 2.24) is 9.80 Å². The van der Waals surface area contributed by atoms with Crippen molar-refractivity contribution in [3.05, 3.63) is 29.3 Å². The van der Waals surface area contributed by atoms with E-state index in [1.165, 1.54) is 0 Å². The summed E-state index contributed by atoms with van der Waals surface area (Å²) < 4.78 is 0. The second-order valence-electron chi connectivity index (χ2n) is 5.83. The molecule has 0 saturated carbocycles. The molecular formula is C16H21N3O2. The second kappa shape index (κ2) is 5.48. The monoisotopic (exact) mass is 287 g/mol. The Morgan fingerprint density at radius 2 is 2.19 bits per heavy atom. The molecule has 1 aromatic carbocycles. The molecule has 0 spiro atoms. The van der Waals surface area contributed by atoms with Gasteiger partial charge < -0.3 is 10.2 Å². The van der Waals surface area contributed by atoms with E-state index in [1.54, 1.807) is 6.07 Å². The van der Waals surface area contributed by atoms with Crippen molar-refractivity contribution in [3.63, 3.8) is 0 Å². The summed E-state index contributed by atoms with van der Waals surface area (Å²) in [5.74, 6) is 0.0568. The van der Waals surface area contributed by atoms with Crippen LogP contribution in [0.3, 0.4) is 0 Å². The second-order valence-corrected chi connectivity index (χ2v) is 5.83. The number of benzene rings is 1. The fourth-order valence-electron chi connectivity index (χ4n) is 3.18. The first kappa shape index (κ1) is 14.1. The topological polar surface area (TPSA) is 52.6 Å². The average Bonchev–Trinajstić information content (AvgIpc) is 2.85. The van der Waals surface area contributed by atoms with Crippen LogP contribution in [0.1, 0.15) is 29.8 Å². The molecule has 1 saturated heterocycles. The maximum absolute atomic E-state index is 12.6. The van der Waals surface area contributed by atoms with E-state index in [0.717, 1.165) is 37.4 Å². The smallest absolute Gasteiger partial charge is 0.254 e. The number of carbonyl (C=O) groups excluding carboxylic acids is 2. The summed E-state index contributed by atoms with van der Waals surface area (Å²) in [6.07, 6.45) is 0.413. The molecule has 0 radical (unpaired) electrons. The Kier molecular flexibility index (Phi) is 3.68. The van der Waals surface area contributed by atoms with Crippen LogP contribution < -0.4 is 5.32 Å². The van der Waals surface area contributed by atoms with Crippen molar-refractivity contribution in [2.75, 3.05) is 31.5 Å². The van der Waals surface area contributed by atoms with E-state index in [-0.39, 0.29) is 11.8 Å². The molecule has 0 aliphatic carbocycles. The molecular weight excluding hydrogens is 266 g/mol. The summed E-state index contributed by atoms with van der Waals surface area (Å²) >= 11 is 0. The first-order valence-corrected chi connectivity index (χ1v) is 7.54. The van der Waals surface area contributed by atoms with Gasteiger partial charge in [0.25, 0.3) is 5.91 Å². The van der Waals surface area contributed by atoms with Crippen LogP contribution in [-0.2, 0) is 11.2 Å². The number of fused-ring (bicyclic) bond motifs is 1. The van der Waals surface area contributed by atoms with Gasteiger partial charge in [0.15, 0.2) is 0 Å². The predicted octanol–water partition coefficient (Wildman–Crippen LogP) is 1.35. The molecule has 1 fully saturated rings. The number of nitrogens with one attached hydrogen (secondary N) is 1. The number of rotatable bonds is 2. The van der Waals surface area contributed by atoms with Gasteiger partial charge in [0, 0.05) is 36.9 Å². The summed E-state index contributed by atoms with van der Waals surface area (Å²) in [5.41, 5.74) is 2.42. The third-order valence-corrected chi connectivity index (χ3v) is 4.44. The number of amides is 2. The molecule has 5 heteroatoms. The van der Waals surface area contributed by atoms with E-state index in [9.17, 15) is 9.59 Å². The zero-order chi connectivity index (χ0) is 15.0. The molecule has 1 aromatic rings. The SMILES string of the molecule is CCN1CCN(C(=O)c2ccc3c(c2)NC(=O)C3)CC1C. The van der Waals surface area contributed by atoms with E-state index in [2.05, 4.69) is 24.1 Å². The molecule has 3 rings (SSSR count). The number of nitrogens with zero attached hydrogens (tertiary/aromatic N) is 2. The standard InChI is InChI=1S/C16H21N3O2/c1-3-18-6-7-19(10-11(18)2)16(21)13-5-4-12-9-15(20)17-14(12)8-13/h4-5,8,11H,3,6-7,9-10H2,1-2H3,(H,17,20). The normalized spacial score (nSPS) is 22.1. The molecule has 2 heterocycles. The van der Waals surface area contributed by atoms with Crippen LogP contribution in [0.5, 0.6) is 0 Å². The molecule has 2 aliphatic rings. The lowest BCUT2D eigenvalue weighted by Gasteiger charge is -2.39. The Bertz CT molecular complexity index is 585. The summed E-state index contributed by atoms with van der Waals surface area (Å²) in [6.45, 7) is 7.78. The van der Waals surface area contributed by atoms with Crippen LogP contribution >= 0.6 is 0 Å². The lowest BCUT2D eigenvalue weighted by atomic mass is 10.1. The van der Waals surface area contributed by atoms with Crippen LogP contribution in [0.4, 0.5) is 5.69 Å². The minimum atomic E-state index is -0.000202. The summed E-state index contributed by atoms with van der Waals surface area (Å²) in [7, 11) is 0. The number of anilines is 1. The largest absolute Gasteiger partial charge is 0.336 e. The van der Waals surface area contributed by atoms with Gasteiger partial charge in [0.2, 0.25) is 5.91 Å². The molecule has 2 aliphatic heterocycles. The lowest BCUT2D eigenvalue weighted by Crippen LogP contribution is -2.53. The number of hydrogen-bond donors (Lipinski definition) is 1. The number of piperazine rings is 1. The molecule has 1 N–H and O–H groups in total. The van der Waals surface area contributed by atoms with E-state index in [1.807, 2.05) is 17.0 Å². The molecule has 1 unspecified atom stereocenters. The van der Waals surface area contributed by atoms with Crippen molar-refractivity contribution in [3.8, 4) is 0 Å². The van der Waals surface area contributed by atoms with Crippen LogP contribution in [0.25, 0.3) is 0 Å². The minimum Gasteiger partial charge on any atom is -0.336 e. The Balaban J connectivity index is 1.74. The van der Waals surface area contributed by atoms with Gasteiger partial charge in [0.1, 0.15) is 0 Å². The van der Waals surface area contributed by atoms with Crippen molar-refractivity contribution >= 4 is 17.5 Å². The van der Waals surface area contributed by atoms with Gasteiger partial charge in [-0.3, -0.25) is 14.5 Å². The zero-order valence-electron chi connectivity index (χ0n) is 12.6. The van der Waals surface area contributed by atoms with Gasteiger partial charge in [-0.2, -0.15) is 0 Å². The van der Waals surface area contributed by atoms with E-state index < -0.39 is 0 Å². The maximum atomic E-state index is 12.6. The Hall–Kier alpha value is -1.88. The van der Waals surface area contributed by atoms with E-state index >= 15 is 0 Å². The van der Waals surface area contributed by atoms with Crippen molar-refractivity contribution in [2.45, 2.75) is 26.3 Å². The predicted molar refractivity (Wildman–Crippen MR) is 81.4 cm³/mol. The third-order valence-electron chi connectivity index (χ3n) is 4.44. The van der Waals surface area contributed by atoms with Gasteiger partial charge in [-0.15, -0.1) is 0 Å². The molecule has 0 bridgehead atoms. The van der Waals surface area contributed by atoms with Crippen molar-refractivity contribution in [1.29, 1.82) is 0 Å². The Morgan fingerprint density at radius 1 is 1.38 bits per heavy atom. The van der Waals surface area contributed by atoms with E-state index in [0.29, 0.717) is 18.0 Å². The molecule has 1 atom stereocenters. The van der Waals surface area contributed by atoms with Crippen LogP contribution in [0, 0.1) is 0 Å². The fraction of sp³-hybridized carbons (Fsp3) is 0.500. The van der Waals surface area contributed by atoms with Crippen molar-refractivity contribution < 1.29 is 9.59 Å². The van der Waals surface area contributed by atoms with Gasteiger partial charge in [-0.05, 0) is 31.2 Å². The number of carbonyl (C=O) groups is 2. The highest BCUT2D eigenvalue weighted by atomic mass is 16.2. The molecule has 21 heavy (non-hydrogen) atoms. The van der Waals surface area contributed by atoms with Gasteiger partial charge in [0.05, 0.1) is 6.42 Å². The van der Waals surface area contributed by atoms with Crippen LogP contribution in [-0.4, -0.2) is 53.8 Å². The highest BCUT2D eigenvalue weighted by Gasteiger charge is 2.27. The molecule has 0 aromatic heterocycles. The fourth-order valence-corrected chi connectivity index (χ4v) is 3.18. The van der Waals surface area contributed by atoms with Gasteiger partial charge >= 0.3 is 0 Å². The molecule has 5 nitrogen and oxygen atoms in total. The van der Waals surface area contributed by atoms with E-state index in [4.69, 9.17) is 0 Å². The number of likely N-dealkylation sites (N-methyl/N-ethyl adjacent to an activating group) is 1. The average molecular weight is 287 g/mol. The first-order chi connectivity index (χ1) is 10.1. The summed E-state index contributed by atoms with van der Waals surface area (Å²) in [5, 5.41) is 2.80. The molecule has 112 valence electrons. The van der Waals surface area contributed by atoms with Gasteiger partial charge in [-0.1, -0.05) is 13.0 Å². The highest BCUT2D eigenvalue weighted by Crippen LogP contribution is 2.25. The van der Waals surface area contributed by atoms with Gasteiger partial charge in [-0.25, -0.2) is 0 Å². The van der Waals surface area contributed by atoms with Crippen molar-refractivity contribution in [2.24, 2.45) is 0 Å². The molecule has 2 amide bonds. The summed E-state index contributed by atoms with van der Waals surface area (Å²) in [4.78, 5) is 28.3. The summed E-state index contributed by atoms with van der Waals surface area (Å²) in [6, 6.07) is 5.91. The Morgan fingerprint density at radius 3 is 2.90 bits per heavy atom. The Labute approximate surface area is 124 Å². The maximum Gasteiger partial charge on any atom is 0.254 e. The van der Waals surface area contributed by atoms with Crippen LogP contribution in [0.15, 0.2) is 18.2 Å². The van der Waals surface area contributed by atoms with Crippen LogP contribution in [0.2, 0.25) is 0 Å². The lowest BCUT2D eigenvalue weighted by molar-refractivity contribution is -0.115. The third kappa shape index (κ3) is 2.65. The minimum absolute atomic E-state index is 0.000202. The quantitative estimate of drug-likeness (QED) is 0.893.